The predicted octanol–water partition coefficient (Wildman–Crippen LogP) is 3.41. The van der Waals surface area contributed by atoms with Crippen LogP contribution in [0.25, 0.3) is 0 Å². The molecule has 7 atom stereocenters. The standard InChI is InChI=1S/C21H32N2O2/c1-19-11-14-17(22-23-18(14)24)10-12(19)4-5-13-15(19)6-8-20(2)16(13)7-9-21(20,3)25/h12-13,15-16,25H,4-11H2,1-3H3,(H2,22,23,24)/t12-,13-,15-,16-,19+,20+,21?/m1/s1. The molecule has 25 heavy (non-hydrogen) atoms. The van der Waals surface area contributed by atoms with Gasteiger partial charge in [0.1, 0.15) is 0 Å². The van der Waals surface area contributed by atoms with E-state index < -0.39 is 5.60 Å². The molecule has 3 saturated carbocycles. The van der Waals surface area contributed by atoms with Crippen LogP contribution >= 0.6 is 0 Å². The number of aromatic amines is 2. The maximum absolute atomic E-state index is 12.2. The molecule has 0 aliphatic heterocycles. The largest absolute Gasteiger partial charge is 0.390 e. The van der Waals surface area contributed by atoms with Crippen LogP contribution in [-0.2, 0) is 12.8 Å². The molecule has 1 aromatic rings. The number of aromatic nitrogens is 2. The van der Waals surface area contributed by atoms with Crippen molar-refractivity contribution in [2.45, 2.75) is 77.7 Å². The Morgan fingerprint density at radius 2 is 1.76 bits per heavy atom. The van der Waals surface area contributed by atoms with Gasteiger partial charge in [0.2, 0.25) is 0 Å². The molecule has 4 nitrogen and oxygen atoms in total. The van der Waals surface area contributed by atoms with Crippen molar-refractivity contribution in [3.05, 3.63) is 21.6 Å². The second-order valence-electron chi connectivity index (χ2n) is 10.3. The lowest BCUT2D eigenvalue weighted by Gasteiger charge is -2.60. The molecule has 0 amide bonds. The summed E-state index contributed by atoms with van der Waals surface area (Å²) < 4.78 is 0. The molecule has 0 saturated heterocycles. The summed E-state index contributed by atoms with van der Waals surface area (Å²) in [5.74, 6) is 2.79. The molecule has 138 valence electrons. The van der Waals surface area contributed by atoms with Crippen molar-refractivity contribution >= 4 is 0 Å². The fourth-order valence-corrected chi connectivity index (χ4v) is 7.80. The predicted molar refractivity (Wildman–Crippen MR) is 97.3 cm³/mol. The first-order valence-corrected chi connectivity index (χ1v) is 10.3. The Labute approximate surface area is 149 Å². The summed E-state index contributed by atoms with van der Waals surface area (Å²) in [7, 11) is 0. The molecule has 0 spiro atoms. The van der Waals surface area contributed by atoms with Crippen molar-refractivity contribution in [3.8, 4) is 0 Å². The molecule has 1 heterocycles. The molecule has 4 aliphatic carbocycles. The fraction of sp³-hybridized carbons (Fsp3) is 0.857. The van der Waals surface area contributed by atoms with Crippen LogP contribution in [0.2, 0.25) is 0 Å². The normalized spacial score (nSPS) is 51.4. The molecule has 1 aromatic heterocycles. The average Bonchev–Trinajstić information content (AvgIpc) is 3.02. The van der Waals surface area contributed by atoms with E-state index in [0.717, 1.165) is 42.9 Å². The van der Waals surface area contributed by atoms with Crippen LogP contribution in [-0.4, -0.2) is 20.9 Å². The van der Waals surface area contributed by atoms with Crippen LogP contribution in [0.1, 0.15) is 70.6 Å². The van der Waals surface area contributed by atoms with Crippen LogP contribution in [0.4, 0.5) is 0 Å². The smallest absolute Gasteiger partial charge is 0.267 e. The van der Waals surface area contributed by atoms with Gasteiger partial charge in [-0.3, -0.25) is 9.89 Å². The third-order valence-corrected chi connectivity index (χ3v) is 9.60. The first-order valence-electron chi connectivity index (χ1n) is 10.3. The maximum Gasteiger partial charge on any atom is 0.267 e. The first-order chi connectivity index (χ1) is 11.8. The average molecular weight is 344 g/mol. The number of rotatable bonds is 0. The third kappa shape index (κ3) is 1.90. The van der Waals surface area contributed by atoms with Crippen molar-refractivity contribution in [1.29, 1.82) is 0 Å². The highest BCUT2D eigenvalue weighted by Crippen LogP contribution is 2.67. The molecular weight excluding hydrogens is 312 g/mol. The summed E-state index contributed by atoms with van der Waals surface area (Å²) in [4.78, 5) is 12.2. The lowest BCUT2D eigenvalue weighted by Crippen LogP contribution is -2.56. The number of fused-ring (bicyclic) bond motifs is 6. The van der Waals surface area contributed by atoms with Gasteiger partial charge in [0, 0.05) is 11.3 Å². The Morgan fingerprint density at radius 3 is 2.56 bits per heavy atom. The van der Waals surface area contributed by atoms with E-state index in [-0.39, 0.29) is 16.4 Å². The molecule has 0 bridgehead atoms. The fourth-order valence-electron chi connectivity index (χ4n) is 7.80. The Bertz CT molecular complexity index is 762. The van der Waals surface area contributed by atoms with E-state index in [0.29, 0.717) is 17.8 Å². The van der Waals surface area contributed by atoms with Crippen LogP contribution in [0.15, 0.2) is 4.79 Å². The van der Waals surface area contributed by atoms with Crippen LogP contribution in [0, 0.1) is 34.5 Å². The highest BCUT2D eigenvalue weighted by Gasteiger charge is 2.63. The second kappa shape index (κ2) is 4.82. The van der Waals surface area contributed by atoms with Crippen molar-refractivity contribution in [2.24, 2.45) is 34.5 Å². The summed E-state index contributed by atoms with van der Waals surface area (Å²) in [6.45, 7) is 6.90. The Balaban J connectivity index is 1.52. The van der Waals surface area contributed by atoms with Crippen molar-refractivity contribution in [3.63, 3.8) is 0 Å². The number of nitrogens with one attached hydrogen (secondary N) is 2. The van der Waals surface area contributed by atoms with E-state index in [1.165, 1.54) is 25.7 Å². The Morgan fingerprint density at radius 1 is 1.00 bits per heavy atom. The zero-order valence-electron chi connectivity index (χ0n) is 15.8. The van der Waals surface area contributed by atoms with Gasteiger partial charge < -0.3 is 10.2 Å². The second-order valence-corrected chi connectivity index (χ2v) is 10.3. The third-order valence-electron chi connectivity index (χ3n) is 9.60. The van der Waals surface area contributed by atoms with Crippen LogP contribution in [0.5, 0.6) is 0 Å². The van der Waals surface area contributed by atoms with Gasteiger partial charge in [-0.2, -0.15) is 0 Å². The molecule has 4 aliphatic rings. The molecule has 1 unspecified atom stereocenters. The highest BCUT2D eigenvalue weighted by molar-refractivity contribution is 5.26. The van der Waals surface area contributed by atoms with E-state index in [4.69, 9.17) is 0 Å². The number of hydrogen-bond acceptors (Lipinski definition) is 2. The summed E-state index contributed by atoms with van der Waals surface area (Å²) in [6, 6.07) is 0. The van der Waals surface area contributed by atoms with Gasteiger partial charge in [0.25, 0.3) is 5.56 Å². The molecular formula is C21H32N2O2. The van der Waals surface area contributed by atoms with E-state index in [2.05, 4.69) is 31.0 Å². The zero-order valence-corrected chi connectivity index (χ0v) is 15.8. The number of hydrogen-bond donors (Lipinski definition) is 3. The SMILES string of the molecule is CC1(O)CC[C@@H]2[C@@H]3CC[C@@H]4Cc5[nH][nH]c(=O)c5C[C@]4(C)[C@@H]3CC[C@@]21C. The van der Waals surface area contributed by atoms with E-state index in [1.54, 1.807) is 0 Å². The highest BCUT2D eigenvalue weighted by atomic mass is 16.3. The van der Waals surface area contributed by atoms with Gasteiger partial charge in [-0.25, -0.2) is 0 Å². The Hall–Kier alpha value is -1.03. The lowest BCUT2D eigenvalue weighted by atomic mass is 9.44. The number of aliphatic hydroxyl groups is 1. The summed E-state index contributed by atoms with van der Waals surface area (Å²) in [5, 5.41) is 17.0. The maximum atomic E-state index is 12.2. The van der Waals surface area contributed by atoms with Gasteiger partial charge in [0.15, 0.2) is 0 Å². The molecule has 0 radical (unpaired) electrons. The monoisotopic (exact) mass is 344 g/mol. The van der Waals surface area contributed by atoms with Gasteiger partial charge >= 0.3 is 0 Å². The minimum atomic E-state index is -0.502. The van der Waals surface area contributed by atoms with Gasteiger partial charge in [-0.05, 0) is 92.8 Å². The van der Waals surface area contributed by atoms with Crippen LogP contribution in [0.3, 0.4) is 0 Å². The quantitative estimate of drug-likeness (QED) is 0.675. The molecule has 3 fully saturated rings. The lowest BCUT2D eigenvalue weighted by molar-refractivity contribution is -0.139. The minimum absolute atomic E-state index is 0.0861. The van der Waals surface area contributed by atoms with Gasteiger partial charge in [0.05, 0.1) is 5.60 Å². The summed E-state index contributed by atoms with van der Waals surface area (Å²) >= 11 is 0. The van der Waals surface area contributed by atoms with E-state index in [9.17, 15) is 9.90 Å². The van der Waals surface area contributed by atoms with E-state index >= 15 is 0 Å². The topological polar surface area (TPSA) is 68.9 Å². The first kappa shape index (κ1) is 16.2. The van der Waals surface area contributed by atoms with Crippen molar-refractivity contribution < 1.29 is 5.11 Å². The van der Waals surface area contributed by atoms with Gasteiger partial charge in [-0.15, -0.1) is 0 Å². The minimum Gasteiger partial charge on any atom is -0.390 e. The molecule has 4 heteroatoms. The molecule has 5 rings (SSSR count). The van der Waals surface area contributed by atoms with Gasteiger partial charge in [-0.1, -0.05) is 13.8 Å². The summed E-state index contributed by atoms with van der Waals surface area (Å²) in [6.07, 6.45) is 9.06. The Kier molecular flexibility index (Phi) is 3.12. The van der Waals surface area contributed by atoms with E-state index in [1.807, 2.05) is 0 Å². The number of H-pyrrole nitrogens is 2. The van der Waals surface area contributed by atoms with Crippen molar-refractivity contribution in [1.82, 2.24) is 10.2 Å². The summed E-state index contributed by atoms with van der Waals surface area (Å²) in [5.41, 5.74) is 2.12. The molecule has 0 aromatic carbocycles. The van der Waals surface area contributed by atoms with Crippen molar-refractivity contribution in [2.75, 3.05) is 0 Å². The van der Waals surface area contributed by atoms with Crippen LogP contribution < -0.4 is 5.56 Å². The molecule has 3 N–H and O–H groups in total. The zero-order chi connectivity index (χ0) is 17.6.